The monoisotopic (exact) mass is 297 g/mol. The zero-order chi connectivity index (χ0) is 11.8. The molecule has 90 valence electrons. The third-order valence-corrected chi connectivity index (χ3v) is 3.53. The number of anilines is 1. The van der Waals surface area contributed by atoms with E-state index >= 15 is 0 Å². The highest BCUT2D eigenvalue weighted by molar-refractivity contribution is 9.10. The summed E-state index contributed by atoms with van der Waals surface area (Å²) in [5.41, 5.74) is 0. The molecule has 6 nitrogen and oxygen atoms in total. The Balaban J connectivity index is 1.75. The number of hydrogen-bond acceptors (Lipinski definition) is 4. The lowest BCUT2D eigenvalue weighted by Crippen LogP contribution is -2.52. The van der Waals surface area contributed by atoms with Crippen molar-refractivity contribution in [2.45, 2.75) is 6.04 Å². The van der Waals surface area contributed by atoms with E-state index in [9.17, 15) is 4.79 Å². The second kappa shape index (κ2) is 4.14. The van der Waals surface area contributed by atoms with Crippen LogP contribution in [0.3, 0.4) is 0 Å². The molecule has 2 aliphatic rings. The predicted molar refractivity (Wildman–Crippen MR) is 65.8 cm³/mol. The van der Waals surface area contributed by atoms with Gasteiger partial charge in [-0.15, -0.1) is 0 Å². The Morgan fingerprint density at radius 3 is 2.88 bits per heavy atom. The van der Waals surface area contributed by atoms with Crippen LogP contribution in [0.4, 0.5) is 10.7 Å². The highest BCUT2D eigenvalue weighted by Gasteiger charge is 2.35. The molecule has 2 amide bonds. The van der Waals surface area contributed by atoms with Crippen LogP contribution in [-0.2, 0) is 0 Å². The highest BCUT2D eigenvalue weighted by Crippen LogP contribution is 2.18. The molecule has 0 unspecified atom stereocenters. The minimum absolute atomic E-state index is 0.0476. The molecule has 0 radical (unpaired) electrons. The van der Waals surface area contributed by atoms with Crippen molar-refractivity contribution in [1.82, 2.24) is 20.2 Å². The first-order valence-corrected chi connectivity index (χ1v) is 6.30. The van der Waals surface area contributed by atoms with Crippen molar-refractivity contribution in [3.8, 4) is 0 Å². The van der Waals surface area contributed by atoms with E-state index in [-0.39, 0.29) is 12.1 Å². The van der Waals surface area contributed by atoms with E-state index in [2.05, 4.69) is 36.1 Å². The molecule has 1 N–H and O–H groups in total. The normalized spacial score (nSPS) is 23.6. The predicted octanol–water partition coefficient (Wildman–Crippen LogP) is 0.453. The number of fused-ring (bicyclic) bond motifs is 1. The number of carbonyl (C=O) groups excluding carboxylic acids is 1. The zero-order valence-corrected chi connectivity index (χ0v) is 10.7. The molecule has 1 aromatic heterocycles. The minimum Gasteiger partial charge on any atom is -0.337 e. The molecule has 2 aliphatic heterocycles. The molecule has 0 aromatic carbocycles. The van der Waals surface area contributed by atoms with Gasteiger partial charge < -0.3 is 15.1 Å². The molecule has 1 aromatic rings. The van der Waals surface area contributed by atoms with E-state index in [0.717, 1.165) is 30.1 Å². The molecule has 0 spiro atoms. The van der Waals surface area contributed by atoms with Crippen molar-refractivity contribution in [3.63, 3.8) is 0 Å². The van der Waals surface area contributed by atoms with Gasteiger partial charge in [-0.25, -0.2) is 14.8 Å². The topological polar surface area (TPSA) is 61.4 Å². The van der Waals surface area contributed by atoms with Gasteiger partial charge in [0.15, 0.2) is 0 Å². The number of piperazine rings is 1. The summed E-state index contributed by atoms with van der Waals surface area (Å²) in [7, 11) is 0. The Bertz CT molecular complexity index is 437. The third kappa shape index (κ3) is 1.95. The molecule has 17 heavy (non-hydrogen) atoms. The maximum atomic E-state index is 11.5. The zero-order valence-electron chi connectivity index (χ0n) is 9.14. The molecule has 1 atom stereocenters. The van der Waals surface area contributed by atoms with Gasteiger partial charge in [-0.1, -0.05) is 0 Å². The number of amides is 2. The van der Waals surface area contributed by atoms with Crippen LogP contribution in [0.5, 0.6) is 0 Å². The van der Waals surface area contributed by atoms with Crippen LogP contribution >= 0.6 is 15.9 Å². The van der Waals surface area contributed by atoms with Gasteiger partial charge in [0.2, 0.25) is 5.95 Å². The van der Waals surface area contributed by atoms with Gasteiger partial charge in [-0.2, -0.15) is 0 Å². The molecule has 7 heteroatoms. The standard InChI is InChI=1S/C10H12BrN5O/c11-7-3-12-9(13-4-7)15-1-2-16-8(6-15)5-14-10(16)17/h3-4,8H,1-2,5-6H2,(H,14,17)/t8-/m1/s1. The van der Waals surface area contributed by atoms with E-state index in [1.165, 1.54) is 0 Å². The van der Waals surface area contributed by atoms with E-state index in [1.807, 2.05) is 4.90 Å². The van der Waals surface area contributed by atoms with Crippen LogP contribution in [-0.4, -0.2) is 53.1 Å². The van der Waals surface area contributed by atoms with Gasteiger partial charge >= 0.3 is 6.03 Å². The quantitative estimate of drug-likeness (QED) is 0.818. The Morgan fingerprint density at radius 2 is 2.12 bits per heavy atom. The van der Waals surface area contributed by atoms with Crippen molar-refractivity contribution in [2.75, 3.05) is 31.1 Å². The fraction of sp³-hybridized carbons (Fsp3) is 0.500. The Kier molecular flexibility index (Phi) is 2.62. The Hall–Kier alpha value is -1.37. The number of carbonyl (C=O) groups is 1. The maximum absolute atomic E-state index is 11.5. The average molecular weight is 298 g/mol. The Morgan fingerprint density at radius 1 is 1.35 bits per heavy atom. The second-order valence-electron chi connectivity index (χ2n) is 4.18. The smallest absolute Gasteiger partial charge is 0.317 e. The lowest BCUT2D eigenvalue weighted by molar-refractivity contribution is 0.197. The molecule has 3 heterocycles. The number of nitrogens with zero attached hydrogens (tertiary/aromatic N) is 4. The van der Waals surface area contributed by atoms with Crippen molar-refractivity contribution >= 4 is 27.9 Å². The van der Waals surface area contributed by atoms with E-state index in [0.29, 0.717) is 6.54 Å². The summed E-state index contributed by atoms with van der Waals surface area (Å²) in [5, 5.41) is 2.85. The fourth-order valence-corrected chi connectivity index (χ4v) is 2.46. The molecular weight excluding hydrogens is 286 g/mol. The molecule has 2 fully saturated rings. The second-order valence-corrected chi connectivity index (χ2v) is 5.10. The first kappa shape index (κ1) is 10.8. The van der Waals surface area contributed by atoms with Gasteiger partial charge in [0.05, 0.1) is 10.5 Å². The summed E-state index contributed by atoms with van der Waals surface area (Å²) in [5.74, 6) is 0.729. The van der Waals surface area contributed by atoms with Crippen LogP contribution in [0.1, 0.15) is 0 Å². The number of aromatic nitrogens is 2. The van der Waals surface area contributed by atoms with Crippen molar-refractivity contribution in [1.29, 1.82) is 0 Å². The first-order valence-electron chi connectivity index (χ1n) is 5.51. The average Bonchev–Trinajstić information content (AvgIpc) is 2.72. The van der Waals surface area contributed by atoms with Crippen LogP contribution in [0.25, 0.3) is 0 Å². The number of urea groups is 1. The highest BCUT2D eigenvalue weighted by atomic mass is 79.9. The van der Waals surface area contributed by atoms with Gasteiger partial charge in [0.25, 0.3) is 0 Å². The SMILES string of the molecule is O=C1NC[C@@H]2CN(c3ncc(Br)cn3)CCN12. The minimum atomic E-state index is 0.0476. The van der Waals surface area contributed by atoms with E-state index < -0.39 is 0 Å². The number of halogens is 1. The molecule has 3 rings (SSSR count). The summed E-state index contributed by atoms with van der Waals surface area (Å²) in [6.45, 7) is 3.02. The number of nitrogens with one attached hydrogen (secondary N) is 1. The van der Waals surface area contributed by atoms with Gasteiger partial charge in [-0.3, -0.25) is 0 Å². The van der Waals surface area contributed by atoms with Crippen LogP contribution in [0, 0.1) is 0 Å². The largest absolute Gasteiger partial charge is 0.337 e. The van der Waals surface area contributed by atoms with Crippen molar-refractivity contribution < 1.29 is 4.79 Å². The van der Waals surface area contributed by atoms with Gasteiger partial charge in [0.1, 0.15) is 0 Å². The summed E-state index contributed by atoms with van der Waals surface area (Å²) in [6, 6.07) is 0.287. The molecule has 2 saturated heterocycles. The molecule has 0 aliphatic carbocycles. The third-order valence-electron chi connectivity index (χ3n) is 3.12. The summed E-state index contributed by atoms with van der Waals surface area (Å²) in [6.07, 6.45) is 3.49. The van der Waals surface area contributed by atoms with E-state index in [4.69, 9.17) is 0 Å². The first-order chi connectivity index (χ1) is 8.24. The Labute approximate surface area is 107 Å². The number of hydrogen-bond donors (Lipinski definition) is 1. The van der Waals surface area contributed by atoms with E-state index in [1.54, 1.807) is 12.4 Å². The summed E-state index contributed by atoms with van der Waals surface area (Å²) in [4.78, 5) is 24.0. The molecule has 0 saturated carbocycles. The van der Waals surface area contributed by atoms with Crippen LogP contribution < -0.4 is 10.2 Å². The fourth-order valence-electron chi connectivity index (χ4n) is 2.25. The number of rotatable bonds is 1. The summed E-state index contributed by atoms with van der Waals surface area (Å²) >= 11 is 3.32. The van der Waals surface area contributed by atoms with Crippen LogP contribution in [0.15, 0.2) is 16.9 Å². The molecular formula is C10H12BrN5O. The molecule has 0 bridgehead atoms. The summed E-state index contributed by atoms with van der Waals surface area (Å²) < 4.78 is 0.873. The maximum Gasteiger partial charge on any atom is 0.317 e. The van der Waals surface area contributed by atoms with Crippen LogP contribution in [0.2, 0.25) is 0 Å². The van der Waals surface area contributed by atoms with Gasteiger partial charge in [0, 0.05) is 38.6 Å². The van der Waals surface area contributed by atoms with Crippen molar-refractivity contribution in [2.24, 2.45) is 0 Å². The van der Waals surface area contributed by atoms with Crippen molar-refractivity contribution in [3.05, 3.63) is 16.9 Å². The lowest BCUT2D eigenvalue weighted by atomic mass is 10.2. The lowest BCUT2D eigenvalue weighted by Gasteiger charge is -2.36. The van der Waals surface area contributed by atoms with Gasteiger partial charge in [-0.05, 0) is 15.9 Å².